The number of pyridine rings is 1. The smallest absolute Gasteiger partial charge is 0.255 e. The first-order valence-electron chi connectivity index (χ1n) is 10.3. The summed E-state index contributed by atoms with van der Waals surface area (Å²) in [5, 5.41) is 0. The maximum absolute atomic E-state index is 12.8. The van der Waals surface area contributed by atoms with Gasteiger partial charge in [-0.05, 0) is 38.1 Å². The fourth-order valence-electron chi connectivity index (χ4n) is 4.24. The zero-order valence-electron chi connectivity index (χ0n) is 17.2. The quantitative estimate of drug-likeness (QED) is 0.568. The lowest BCUT2D eigenvalue weighted by molar-refractivity contribution is 0.232. The summed E-state index contributed by atoms with van der Waals surface area (Å²) in [6, 6.07) is 12.3. The number of benzene rings is 1. The average Bonchev–Trinajstić information content (AvgIpc) is 3.12. The maximum Gasteiger partial charge on any atom is 0.255 e. The first kappa shape index (κ1) is 18.7. The van der Waals surface area contributed by atoms with Gasteiger partial charge in [-0.3, -0.25) is 14.7 Å². The van der Waals surface area contributed by atoms with Crippen molar-refractivity contribution in [3.8, 4) is 11.4 Å². The molecule has 1 aliphatic heterocycles. The number of aromatic nitrogens is 5. The van der Waals surface area contributed by atoms with Crippen LogP contribution in [0.25, 0.3) is 22.4 Å². The van der Waals surface area contributed by atoms with Gasteiger partial charge in [0.2, 0.25) is 0 Å². The molecule has 0 saturated heterocycles. The minimum Gasteiger partial charge on any atom is -0.324 e. The summed E-state index contributed by atoms with van der Waals surface area (Å²) < 4.78 is 2.29. The van der Waals surface area contributed by atoms with E-state index in [0.29, 0.717) is 25.0 Å². The van der Waals surface area contributed by atoms with Crippen molar-refractivity contribution in [2.45, 2.75) is 39.4 Å². The van der Waals surface area contributed by atoms with E-state index in [2.05, 4.69) is 51.5 Å². The van der Waals surface area contributed by atoms with Crippen molar-refractivity contribution in [3.63, 3.8) is 0 Å². The van der Waals surface area contributed by atoms with Gasteiger partial charge in [0.25, 0.3) is 5.56 Å². The van der Waals surface area contributed by atoms with Gasteiger partial charge in [-0.15, -0.1) is 0 Å². The Morgan fingerprint density at radius 1 is 1.13 bits per heavy atom. The summed E-state index contributed by atoms with van der Waals surface area (Å²) in [5.74, 6) is 1.62. The standard InChI is InChI=1S/C23H24N6O/c1-15(2)29-20-8-4-3-7-19(20)25-21(29)14-28-11-9-18-17(13-28)23(30)27-22(26-18)16-6-5-10-24-12-16/h3-8,10,12,15H,9,11,13-14H2,1-2H3,(H,26,27,30). The van der Waals surface area contributed by atoms with Crippen molar-refractivity contribution in [1.82, 2.24) is 29.4 Å². The third kappa shape index (κ3) is 3.31. The van der Waals surface area contributed by atoms with Crippen LogP contribution >= 0.6 is 0 Å². The van der Waals surface area contributed by atoms with E-state index in [4.69, 9.17) is 9.97 Å². The van der Waals surface area contributed by atoms with Crippen LogP contribution in [0.15, 0.2) is 53.6 Å². The number of imidazole rings is 1. The second-order valence-electron chi connectivity index (χ2n) is 8.02. The fraction of sp³-hybridized carbons (Fsp3) is 0.304. The molecule has 1 N–H and O–H groups in total. The molecule has 1 aromatic carbocycles. The topological polar surface area (TPSA) is 79.7 Å². The summed E-state index contributed by atoms with van der Waals surface area (Å²) in [7, 11) is 0. The Balaban J connectivity index is 1.44. The Kier molecular flexibility index (Phi) is 4.67. The molecule has 7 nitrogen and oxygen atoms in total. The molecule has 1 aliphatic rings. The highest BCUT2D eigenvalue weighted by Crippen LogP contribution is 2.24. The van der Waals surface area contributed by atoms with Gasteiger partial charge in [-0.2, -0.15) is 0 Å². The molecule has 0 saturated carbocycles. The van der Waals surface area contributed by atoms with E-state index < -0.39 is 0 Å². The first-order valence-corrected chi connectivity index (χ1v) is 10.3. The fourth-order valence-corrected chi connectivity index (χ4v) is 4.24. The van der Waals surface area contributed by atoms with Crippen LogP contribution in [0.2, 0.25) is 0 Å². The van der Waals surface area contributed by atoms with Crippen LogP contribution in [0.4, 0.5) is 0 Å². The molecule has 7 heteroatoms. The van der Waals surface area contributed by atoms with E-state index in [0.717, 1.165) is 46.6 Å². The average molecular weight is 400 g/mol. The predicted octanol–water partition coefficient (Wildman–Crippen LogP) is 3.32. The van der Waals surface area contributed by atoms with Gasteiger partial charge in [0.05, 0.1) is 28.8 Å². The predicted molar refractivity (Wildman–Crippen MR) is 116 cm³/mol. The number of rotatable bonds is 4. The second kappa shape index (κ2) is 7.50. The van der Waals surface area contributed by atoms with Crippen LogP contribution in [0, 0.1) is 0 Å². The molecule has 152 valence electrons. The zero-order valence-corrected chi connectivity index (χ0v) is 17.2. The van der Waals surface area contributed by atoms with E-state index in [-0.39, 0.29) is 5.56 Å². The summed E-state index contributed by atoms with van der Waals surface area (Å²) in [6.07, 6.45) is 4.17. The van der Waals surface area contributed by atoms with Gasteiger partial charge in [0.15, 0.2) is 0 Å². The number of nitrogens with one attached hydrogen (secondary N) is 1. The number of nitrogens with zero attached hydrogens (tertiary/aromatic N) is 5. The molecule has 0 aliphatic carbocycles. The number of para-hydroxylation sites is 2. The van der Waals surface area contributed by atoms with Crippen molar-refractivity contribution in [2.24, 2.45) is 0 Å². The van der Waals surface area contributed by atoms with Gasteiger partial charge in [-0.25, -0.2) is 9.97 Å². The van der Waals surface area contributed by atoms with E-state index in [1.807, 2.05) is 18.2 Å². The maximum atomic E-state index is 12.8. The van der Waals surface area contributed by atoms with Crippen LogP contribution in [-0.2, 0) is 19.5 Å². The molecule has 4 aromatic rings. The molecule has 4 heterocycles. The molecular formula is C23H24N6O. The van der Waals surface area contributed by atoms with E-state index >= 15 is 0 Å². The summed E-state index contributed by atoms with van der Waals surface area (Å²) >= 11 is 0. The normalized spacial score (nSPS) is 14.4. The lowest BCUT2D eigenvalue weighted by atomic mass is 10.1. The summed E-state index contributed by atoms with van der Waals surface area (Å²) in [4.78, 5) is 31.7. The summed E-state index contributed by atoms with van der Waals surface area (Å²) in [5.41, 5.74) is 4.55. The van der Waals surface area contributed by atoms with Gasteiger partial charge in [0.1, 0.15) is 11.6 Å². The first-order chi connectivity index (χ1) is 14.6. The van der Waals surface area contributed by atoms with E-state index in [9.17, 15) is 4.79 Å². The monoisotopic (exact) mass is 400 g/mol. The lowest BCUT2D eigenvalue weighted by Crippen LogP contribution is -2.36. The van der Waals surface area contributed by atoms with Crippen molar-refractivity contribution in [1.29, 1.82) is 0 Å². The molecule has 0 amide bonds. The van der Waals surface area contributed by atoms with Gasteiger partial charge < -0.3 is 9.55 Å². The van der Waals surface area contributed by atoms with Gasteiger partial charge in [-0.1, -0.05) is 12.1 Å². The van der Waals surface area contributed by atoms with Crippen molar-refractivity contribution >= 4 is 11.0 Å². The molecule has 0 atom stereocenters. The highest BCUT2D eigenvalue weighted by atomic mass is 16.1. The molecule has 0 unspecified atom stereocenters. The Morgan fingerprint density at radius 3 is 2.80 bits per heavy atom. The zero-order chi connectivity index (χ0) is 20.7. The molecule has 0 spiro atoms. The number of aromatic amines is 1. The molecular weight excluding hydrogens is 376 g/mol. The summed E-state index contributed by atoms with van der Waals surface area (Å²) in [6.45, 7) is 6.48. The number of hydrogen-bond acceptors (Lipinski definition) is 5. The highest BCUT2D eigenvalue weighted by molar-refractivity contribution is 5.76. The molecule has 0 radical (unpaired) electrons. The molecule has 0 fully saturated rings. The minimum atomic E-state index is -0.0686. The van der Waals surface area contributed by atoms with E-state index in [1.54, 1.807) is 12.4 Å². The van der Waals surface area contributed by atoms with Crippen molar-refractivity contribution in [2.75, 3.05) is 6.54 Å². The Labute approximate surface area is 174 Å². The van der Waals surface area contributed by atoms with Crippen LogP contribution in [0.1, 0.15) is 37.0 Å². The van der Waals surface area contributed by atoms with Crippen LogP contribution in [0.5, 0.6) is 0 Å². The third-order valence-electron chi connectivity index (χ3n) is 5.63. The van der Waals surface area contributed by atoms with E-state index in [1.165, 1.54) is 0 Å². The minimum absolute atomic E-state index is 0.0686. The Bertz CT molecular complexity index is 1260. The molecule has 0 bridgehead atoms. The van der Waals surface area contributed by atoms with Gasteiger partial charge >= 0.3 is 0 Å². The Hall–Kier alpha value is -3.32. The van der Waals surface area contributed by atoms with Crippen molar-refractivity contribution in [3.05, 3.63) is 76.2 Å². The third-order valence-corrected chi connectivity index (χ3v) is 5.63. The molecule has 30 heavy (non-hydrogen) atoms. The SMILES string of the molecule is CC(C)n1c(CN2CCc3nc(-c4cccnc4)[nH]c(=O)c3C2)nc2ccccc21. The van der Waals surface area contributed by atoms with Crippen LogP contribution in [0.3, 0.4) is 0 Å². The Morgan fingerprint density at radius 2 is 2.00 bits per heavy atom. The highest BCUT2D eigenvalue weighted by Gasteiger charge is 2.24. The van der Waals surface area contributed by atoms with Crippen molar-refractivity contribution < 1.29 is 0 Å². The van der Waals surface area contributed by atoms with Crippen LogP contribution < -0.4 is 5.56 Å². The number of H-pyrrole nitrogens is 1. The largest absolute Gasteiger partial charge is 0.324 e. The molecule has 5 rings (SSSR count). The second-order valence-corrected chi connectivity index (χ2v) is 8.02. The van der Waals surface area contributed by atoms with Gasteiger partial charge in [0, 0.05) is 43.5 Å². The number of hydrogen-bond donors (Lipinski definition) is 1. The van der Waals surface area contributed by atoms with Crippen LogP contribution in [-0.4, -0.2) is 35.9 Å². The lowest BCUT2D eigenvalue weighted by Gasteiger charge is -2.28. The molecule has 3 aromatic heterocycles. The number of fused-ring (bicyclic) bond motifs is 2.